The molecule has 0 aromatic carbocycles. The maximum absolute atomic E-state index is 11.5. The van der Waals surface area contributed by atoms with E-state index in [-0.39, 0.29) is 0 Å². The Bertz CT molecular complexity index is 260. The van der Waals surface area contributed by atoms with Crippen molar-refractivity contribution >= 4 is 5.91 Å². The number of piperazine rings is 1. The van der Waals surface area contributed by atoms with E-state index in [9.17, 15) is 9.90 Å². The van der Waals surface area contributed by atoms with Gasteiger partial charge in [0.2, 0.25) is 5.91 Å². The monoisotopic (exact) mass is 212 g/mol. The van der Waals surface area contributed by atoms with Gasteiger partial charge in [0.1, 0.15) is 0 Å². The molecule has 1 atom stereocenters. The highest BCUT2D eigenvalue weighted by Gasteiger charge is 2.36. The van der Waals surface area contributed by atoms with Crippen LogP contribution in [0.3, 0.4) is 0 Å². The molecular formula is C11H20N2O2. The van der Waals surface area contributed by atoms with Gasteiger partial charge >= 0.3 is 0 Å². The van der Waals surface area contributed by atoms with Crippen LogP contribution in [-0.2, 0) is 4.79 Å². The molecule has 0 bridgehead atoms. The molecule has 1 amide bonds. The Hall–Kier alpha value is -0.610. The van der Waals surface area contributed by atoms with E-state index in [0.717, 1.165) is 26.1 Å². The van der Waals surface area contributed by atoms with E-state index < -0.39 is 5.60 Å². The molecule has 15 heavy (non-hydrogen) atoms. The lowest BCUT2D eigenvalue weighted by atomic mass is 10.1. The first kappa shape index (κ1) is 10.9. The average Bonchev–Trinajstić information content (AvgIpc) is 2.45. The lowest BCUT2D eigenvalue weighted by Gasteiger charge is -2.39. The minimum absolute atomic E-state index is 0.308. The van der Waals surface area contributed by atoms with Gasteiger partial charge in [0, 0.05) is 38.6 Å². The number of hydrogen-bond donors (Lipinski definition) is 1. The number of carbonyl (C=O) groups excluding carboxylic acids is 1. The van der Waals surface area contributed by atoms with Crippen LogP contribution < -0.4 is 0 Å². The van der Waals surface area contributed by atoms with Crippen molar-refractivity contribution in [3.05, 3.63) is 0 Å². The Balaban J connectivity index is 1.91. The van der Waals surface area contributed by atoms with Crippen LogP contribution in [0.2, 0.25) is 0 Å². The normalized spacial score (nSPS) is 28.3. The number of amides is 1. The fourth-order valence-corrected chi connectivity index (χ4v) is 2.62. The summed E-state index contributed by atoms with van der Waals surface area (Å²) in [5, 5.41) is 9.74. The summed E-state index contributed by atoms with van der Waals surface area (Å²) in [5.41, 5.74) is -0.634. The molecule has 2 rings (SSSR count). The summed E-state index contributed by atoms with van der Waals surface area (Å²) >= 11 is 0. The zero-order valence-corrected chi connectivity index (χ0v) is 9.57. The zero-order chi connectivity index (χ0) is 11.1. The van der Waals surface area contributed by atoms with Crippen molar-refractivity contribution in [1.29, 1.82) is 0 Å². The summed E-state index contributed by atoms with van der Waals surface area (Å²) in [6.45, 7) is 7.02. The van der Waals surface area contributed by atoms with Crippen LogP contribution in [-0.4, -0.2) is 58.6 Å². The molecule has 0 aliphatic carbocycles. The predicted molar refractivity (Wildman–Crippen MR) is 57.5 cm³/mol. The van der Waals surface area contributed by atoms with Crippen molar-refractivity contribution in [2.75, 3.05) is 26.2 Å². The van der Waals surface area contributed by atoms with Crippen molar-refractivity contribution < 1.29 is 9.90 Å². The van der Waals surface area contributed by atoms with Crippen molar-refractivity contribution in [3.8, 4) is 0 Å². The van der Waals surface area contributed by atoms with Gasteiger partial charge in [0.05, 0.1) is 5.60 Å². The van der Waals surface area contributed by atoms with Crippen molar-refractivity contribution in [3.63, 3.8) is 0 Å². The second kappa shape index (κ2) is 3.76. The van der Waals surface area contributed by atoms with Crippen LogP contribution >= 0.6 is 0 Å². The van der Waals surface area contributed by atoms with E-state index in [0.29, 0.717) is 24.9 Å². The van der Waals surface area contributed by atoms with Gasteiger partial charge in [-0.1, -0.05) is 0 Å². The van der Waals surface area contributed by atoms with Gasteiger partial charge in [0.15, 0.2) is 0 Å². The molecule has 0 aromatic heterocycles. The molecule has 2 fully saturated rings. The third-order valence-electron chi connectivity index (χ3n) is 3.19. The number of hydrogen-bond acceptors (Lipinski definition) is 3. The van der Waals surface area contributed by atoms with Gasteiger partial charge in [-0.3, -0.25) is 9.69 Å². The lowest BCUT2D eigenvalue weighted by molar-refractivity contribution is -0.131. The Morgan fingerprint density at radius 2 is 2.20 bits per heavy atom. The molecule has 4 nitrogen and oxygen atoms in total. The van der Waals surface area contributed by atoms with E-state index in [1.807, 2.05) is 18.7 Å². The molecule has 2 aliphatic rings. The predicted octanol–water partition coefficient (Wildman–Crippen LogP) is 0.0639. The fourth-order valence-electron chi connectivity index (χ4n) is 2.62. The van der Waals surface area contributed by atoms with Gasteiger partial charge in [-0.15, -0.1) is 0 Å². The summed E-state index contributed by atoms with van der Waals surface area (Å²) in [5.74, 6) is 0.308. The molecule has 2 heterocycles. The molecule has 86 valence electrons. The summed E-state index contributed by atoms with van der Waals surface area (Å²) in [6, 6.07) is 0.397. The first-order valence-electron chi connectivity index (χ1n) is 5.70. The van der Waals surface area contributed by atoms with Gasteiger partial charge in [-0.25, -0.2) is 0 Å². The third kappa shape index (κ3) is 2.49. The van der Waals surface area contributed by atoms with Crippen LogP contribution in [0.15, 0.2) is 0 Å². The van der Waals surface area contributed by atoms with Crippen LogP contribution in [0, 0.1) is 0 Å². The largest absolute Gasteiger partial charge is 0.389 e. The number of β-amino-alcohol motifs (C(OH)–C–C–N with tert-alkyl or cyclic N) is 1. The van der Waals surface area contributed by atoms with E-state index in [1.54, 1.807) is 0 Å². The molecule has 0 radical (unpaired) electrons. The molecule has 0 spiro atoms. The SMILES string of the molecule is CC(C)(O)CN1CCN2C(=O)CCC2C1. The van der Waals surface area contributed by atoms with Gasteiger partial charge in [0.25, 0.3) is 0 Å². The molecule has 2 saturated heterocycles. The van der Waals surface area contributed by atoms with Crippen LogP contribution in [0.5, 0.6) is 0 Å². The molecule has 1 unspecified atom stereocenters. The number of rotatable bonds is 2. The van der Waals surface area contributed by atoms with Crippen LogP contribution in [0.4, 0.5) is 0 Å². The molecule has 4 heteroatoms. The first-order chi connectivity index (χ1) is 6.96. The van der Waals surface area contributed by atoms with E-state index in [2.05, 4.69) is 4.90 Å². The minimum Gasteiger partial charge on any atom is -0.389 e. The number of nitrogens with zero attached hydrogens (tertiary/aromatic N) is 2. The highest BCUT2D eigenvalue weighted by Crippen LogP contribution is 2.23. The Morgan fingerprint density at radius 1 is 1.47 bits per heavy atom. The van der Waals surface area contributed by atoms with Crippen molar-refractivity contribution in [2.45, 2.75) is 38.3 Å². The highest BCUT2D eigenvalue weighted by atomic mass is 16.3. The number of fused-ring (bicyclic) bond motifs is 1. The zero-order valence-electron chi connectivity index (χ0n) is 9.57. The third-order valence-corrected chi connectivity index (χ3v) is 3.19. The van der Waals surface area contributed by atoms with Crippen molar-refractivity contribution in [2.24, 2.45) is 0 Å². The minimum atomic E-state index is -0.634. The van der Waals surface area contributed by atoms with Crippen LogP contribution in [0.25, 0.3) is 0 Å². The summed E-state index contributed by atoms with van der Waals surface area (Å²) in [7, 11) is 0. The summed E-state index contributed by atoms with van der Waals surface area (Å²) in [6.07, 6.45) is 1.70. The van der Waals surface area contributed by atoms with Crippen LogP contribution in [0.1, 0.15) is 26.7 Å². The smallest absolute Gasteiger partial charge is 0.222 e. The maximum Gasteiger partial charge on any atom is 0.222 e. The maximum atomic E-state index is 11.5. The number of aliphatic hydroxyl groups is 1. The van der Waals surface area contributed by atoms with E-state index in [4.69, 9.17) is 0 Å². The fraction of sp³-hybridized carbons (Fsp3) is 0.909. The molecular weight excluding hydrogens is 192 g/mol. The Kier molecular flexibility index (Phi) is 2.73. The highest BCUT2D eigenvalue weighted by molar-refractivity contribution is 5.78. The molecule has 2 aliphatic heterocycles. The summed E-state index contributed by atoms with van der Waals surface area (Å²) < 4.78 is 0. The van der Waals surface area contributed by atoms with Gasteiger partial charge < -0.3 is 10.0 Å². The first-order valence-corrected chi connectivity index (χ1v) is 5.70. The average molecular weight is 212 g/mol. The molecule has 0 saturated carbocycles. The van der Waals surface area contributed by atoms with E-state index >= 15 is 0 Å². The quantitative estimate of drug-likeness (QED) is 0.704. The standard InChI is InChI=1S/C11H20N2O2/c1-11(2,15)8-12-5-6-13-9(7-12)3-4-10(13)14/h9,15H,3-8H2,1-2H3. The molecule has 0 aromatic rings. The summed E-state index contributed by atoms with van der Waals surface area (Å²) in [4.78, 5) is 15.7. The van der Waals surface area contributed by atoms with Gasteiger partial charge in [-0.2, -0.15) is 0 Å². The Labute approximate surface area is 90.9 Å². The number of carbonyl (C=O) groups is 1. The van der Waals surface area contributed by atoms with Gasteiger partial charge in [-0.05, 0) is 20.3 Å². The van der Waals surface area contributed by atoms with E-state index in [1.165, 1.54) is 0 Å². The van der Waals surface area contributed by atoms with Crippen molar-refractivity contribution in [1.82, 2.24) is 9.80 Å². The second-order valence-electron chi connectivity index (χ2n) is 5.33. The lowest BCUT2D eigenvalue weighted by Crippen LogP contribution is -2.54. The second-order valence-corrected chi connectivity index (χ2v) is 5.33. The topological polar surface area (TPSA) is 43.8 Å². The Morgan fingerprint density at radius 3 is 2.87 bits per heavy atom. The molecule has 1 N–H and O–H groups in total.